The first-order chi connectivity index (χ1) is 11.2. The molecule has 2 aliphatic heterocycles. The number of amides is 2. The van der Waals surface area contributed by atoms with E-state index in [4.69, 9.17) is 0 Å². The summed E-state index contributed by atoms with van der Waals surface area (Å²) in [5, 5.41) is 2.08. The highest BCUT2D eigenvalue weighted by Crippen LogP contribution is 2.22. The van der Waals surface area contributed by atoms with Crippen LogP contribution in [-0.4, -0.2) is 47.8 Å². The first kappa shape index (κ1) is 16.5. The summed E-state index contributed by atoms with van der Waals surface area (Å²) in [6.07, 6.45) is 6.64. The quantitative estimate of drug-likeness (QED) is 0.831. The molecule has 1 aromatic heterocycles. The summed E-state index contributed by atoms with van der Waals surface area (Å²) in [4.78, 5) is 30.2. The van der Waals surface area contributed by atoms with Gasteiger partial charge in [-0.25, -0.2) is 0 Å². The number of aryl methyl sites for hydroxylation is 1. The fourth-order valence-corrected chi connectivity index (χ4v) is 4.38. The second-order valence-electron chi connectivity index (χ2n) is 6.64. The third kappa shape index (κ3) is 4.34. The maximum atomic E-state index is 12.5. The highest BCUT2D eigenvalue weighted by molar-refractivity contribution is 7.09. The first-order valence-corrected chi connectivity index (χ1v) is 9.71. The minimum Gasteiger partial charge on any atom is -0.342 e. The zero-order chi connectivity index (χ0) is 16.1. The number of likely N-dealkylation sites (tertiary alicyclic amines) is 2. The lowest BCUT2D eigenvalue weighted by Crippen LogP contribution is -2.46. The Bertz CT molecular complexity index is 523. The normalized spacial score (nSPS) is 21.7. The summed E-state index contributed by atoms with van der Waals surface area (Å²) >= 11 is 1.75. The number of piperidine rings is 1. The smallest absolute Gasteiger partial charge is 0.227 e. The minimum atomic E-state index is 0.0306. The van der Waals surface area contributed by atoms with Crippen LogP contribution in [0.25, 0.3) is 0 Å². The third-order valence-corrected chi connectivity index (χ3v) is 5.87. The van der Waals surface area contributed by atoms with Crippen molar-refractivity contribution >= 4 is 23.2 Å². The Labute approximate surface area is 142 Å². The predicted octanol–water partition coefficient (Wildman–Crippen LogP) is 2.93. The number of hydrogen-bond acceptors (Lipinski definition) is 3. The summed E-state index contributed by atoms with van der Waals surface area (Å²) in [7, 11) is 0. The number of nitrogens with zero attached hydrogens (tertiary/aromatic N) is 2. The molecule has 5 heteroatoms. The van der Waals surface area contributed by atoms with E-state index < -0.39 is 0 Å². The summed E-state index contributed by atoms with van der Waals surface area (Å²) in [5.74, 6) is 0.530. The van der Waals surface area contributed by atoms with E-state index in [1.165, 1.54) is 4.88 Å². The van der Waals surface area contributed by atoms with E-state index in [1.807, 2.05) is 9.80 Å². The van der Waals surface area contributed by atoms with Crippen LogP contribution in [0.4, 0.5) is 0 Å². The fraction of sp³-hybridized carbons (Fsp3) is 0.667. The van der Waals surface area contributed by atoms with Crippen molar-refractivity contribution in [3.8, 4) is 0 Å². The van der Waals surface area contributed by atoms with Crippen LogP contribution in [0.2, 0.25) is 0 Å². The first-order valence-electron chi connectivity index (χ1n) is 8.83. The molecule has 2 saturated heterocycles. The van der Waals surface area contributed by atoms with Crippen molar-refractivity contribution in [3.05, 3.63) is 22.4 Å². The zero-order valence-corrected chi connectivity index (χ0v) is 14.5. The summed E-state index contributed by atoms with van der Waals surface area (Å²) in [6, 6.07) is 4.18. The van der Waals surface area contributed by atoms with Gasteiger partial charge in [0.15, 0.2) is 0 Å². The van der Waals surface area contributed by atoms with Crippen molar-refractivity contribution in [1.82, 2.24) is 9.80 Å². The molecule has 0 spiro atoms. The summed E-state index contributed by atoms with van der Waals surface area (Å²) in [6.45, 7) is 3.27. The van der Waals surface area contributed by atoms with E-state index in [0.29, 0.717) is 13.0 Å². The Balaban J connectivity index is 1.45. The van der Waals surface area contributed by atoms with Crippen LogP contribution in [0.5, 0.6) is 0 Å². The van der Waals surface area contributed by atoms with E-state index in [0.717, 1.165) is 58.2 Å². The largest absolute Gasteiger partial charge is 0.342 e. The predicted molar refractivity (Wildman–Crippen MR) is 92.4 cm³/mol. The molecule has 0 bridgehead atoms. The van der Waals surface area contributed by atoms with Gasteiger partial charge < -0.3 is 9.80 Å². The maximum Gasteiger partial charge on any atom is 0.227 e. The van der Waals surface area contributed by atoms with Gasteiger partial charge in [0.05, 0.1) is 5.92 Å². The lowest BCUT2D eigenvalue weighted by Gasteiger charge is -2.34. The van der Waals surface area contributed by atoms with Crippen LogP contribution in [0.15, 0.2) is 17.5 Å². The van der Waals surface area contributed by atoms with Crippen molar-refractivity contribution in [2.24, 2.45) is 5.92 Å². The van der Waals surface area contributed by atoms with Crippen LogP contribution >= 0.6 is 11.3 Å². The maximum absolute atomic E-state index is 12.5. The average Bonchev–Trinajstić information content (AvgIpc) is 3.28. The van der Waals surface area contributed by atoms with E-state index in [2.05, 4.69) is 17.5 Å². The number of carbonyl (C=O) groups excluding carboxylic acids is 2. The van der Waals surface area contributed by atoms with Crippen molar-refractivity contribution in [2.75, 3.05) is 26.2 Å². The van der Waals surface area contributed by atoms with Gasteiger partial charge in [0.25, 0.3) is 0 Å². The summed E-state index contributed by atoms with van der Waals surface area (Å²) < 4.78 is 0. The molecule has 1 unspecified atom stereocenters. The molecule has 0 radical (unpaired) electrons. The molecule has 2 fully saturated rings. The highest BCUT2D eigenvalue weighted by Gasteiger charge is 2.31. The highest BCUT2D eigenvalue weighted by atomic mass is 32.1. The molecule has 3 rings (SSSR count). The topological polar surface area (TPSA) is 40.6 Å². The van der Waals surface area contributed by atoms with Gasteiger partial charge in [-0.1, -0.05) is 6.07 Å². The second-order valence-corrected chi connectivity index (χ2v) is 7.68. The molecule has 3 heterocycles. The lowest BCUT2D eigenvalue weighted by atomic mass is 9.96. The molecule has 2 amide bonds. The Morgan fingerprint density at radius 2 is 1.91 bits per heavy atom. The van der Waals surface area contributed by atoms with Crippen molar-refractivity contribution < 1.29 is 9.59 Å². The summed E-state index contributed by atoms with van der Waals surface area (Å²) in [5.41, 5.74) is 0. The van der Waals surface area contributed by atoms with E-state index >= 15 is 0 Å². The fourth-order valence-electron chi connectivity index (χ4n) is 3.63. The van der Waals surface area contributed by atoms with Crippen LogP contribution in [0.3, 0.4) is 0 Å². The van der Waals surface area contributed by atoms with Gasteiger partial charge in [-0.2, -0.15) is 0 Å². The Morgan fingerprint density at radius 3 is 2.65 bits per heavy atom. The van der Waals surface area contributed by atoms with Gasteiger partial charge in [-0.15, -0.1) is 11.3 Å². The van der Waals surface area contributed by atoms with Gasteiger partial charge in [-0.3, -0.25) is 9.59 Å². The lowest BCUT2D eigenvalue weighted by molar-refractivity contribution is -0.140. The van der Waals surface area contributed by atoms with Crippen LogP contribution in [0, 0.1) is 5.92 Å². The molecular weight excluding hydrogens is 308 g/mol. The number of hydrogen-bond donors (Lipinski definition) is 0. The van der Waals surface area contributed by atoms with Gasteiger partial charge in [0.1, 0.15) is 0 Å². The second kappa shape index (κ2) is 7.95. The third-order valence-electron chi connectivity index (χ3n) is 4.93. The van der Waals surface area contributed by atoms with Crippen molar-refractivity contribution in [3.63, 3.8) is 0 Å². The average molecular weight is 334 g/mol. The van der Waals surface area contributed by atoms with Gasteiger partial charge in [0.2, 0.25) is 11.8 Å². The van der Waals surface area contributed by atoms with Crippen molar-refractivity contribution in [1.29, 1.82) is 0 Å². The Hall–Kier alpha value is -1.36. The Morgan fingerprint density at radius 1 is 1.13 bits per heavy atom. The molecule has 2 aliphatic rings. The standard InChI is InChI=1S/C18H26N2O2S/c21-17(9-3-7-16-8-5-13-23-16)20-12-4-6-15(14-20)18(22)19-10-1-2-11-19/h5,8,13,15H,1-4,6-7,9-12,14H2. The molecule has 126 valence electrons. The molecule has 23 heavy (non-hydrogen) atoms. The Kier molecular flexibility index (Phi) is 5.70. The molecule has 1 atom stereocenters. The van der Waals surface area contributed by atoms with E-state index in [9.17, 15) is 9.59 Å². The molecule has 0 N–H and O–H groups in total. The molecule has 0 saturated carbocycles. The monoisotopic (exact) mass is 334 g/mol. The zero-order valence-electron chi connectivity index (χ0n) is 13.7. The van der Waals surface area contributed by atoms with Gasteiger partial charge in [-0.05, 0) is 50.0 Å². The van der Waals surface area contributed by atoms with E-state index in [1.54, 1.807) is 11.3 Å². The number of thiophene rings is 1. The molecule has 0 aliphatic carbocycles. The minimum absolute atomic E-state index is 0.0306. The molecule has 4 nitrogen and oxygen atoms in total. The molecule has 1 aromatic rings. The SMILES string of the molecule is O=C(CCCc1cccs1)N1CCCC(C(=O)N2CCCC2)C1. The molecule has 0 aromatic carbocycles. The molecular formula is C18H26N2O2S. The number of carbonyl (C=O) groups is 2. The van der Waals surface area contributed by atoms with Crippen LogP contribution in [-0.2, 0) is 16.0 Å². The van der Waals surface area contributed by atoms with Crippen molar-refractivity contribution in [2.45, 2.75) is 44.9 Å². The van der Waals surface area contributed by atoms with Crippen LogP contribution in [0.1, 0.15) is 43.4 Å². The van der Waals surface area contributed by atoms with E-state index in [-0.39, 0.29) is 17.7 Å². The van der Waals surface area contributed by atoms with Gasteiger partial charge >= 0.3 is 0 Å². The van der Waals surface area contributed by atoms with Gasteiger partial charge in [0, 0.05) is 37.5 Å². The van der Waals surface area contributed by atoms with Crippen LogP contribution < -0.4 is 0 Å². The number of rotatable bonds is 5.